The van der Waals surface area contributed by atoms with Gasteiger partial charge in [0, 0.05) is 10.5 Å². The van der Waals surface area contributed by atoms with Crippen molar-refractivity contribution >= 4 is 46.4 Å². The van der Waals surface area contributed by atoms with Crippen molar-refractivity contribution < 1.29 is 23.4 Å². The van der Waals surface area contributed by atoms with E-state index in [0.29, 0.717) is 12.0 Å². The van der Waals surface area contributed by atoms with E-state index in [4.69, 9.17) is 23.2 Å². The highest BCUT2D eigenvalue weighted by molar-refractivity contribution is 8.00. The van der Waals surface area contributed by atoms with E-state index in [1.165, 1.54) is 28.9 Å². The van der Waals surface area contributed by atoms with Crippen molar-refractivity contribution in [2.24, 2.45) is 5.92 Å². The van der Waals surface area contributed by atoms with Crippen molar-refractivity contribution in [1.82, 2.24) is 14.6 Å². The van der Waals surface area contributed by atoms with Crippen LogP contribution in [-0.4, -0.2) is 48.6 Å². The molecule has 4 atom stereocenters. The molecule has 3 aromatic rings. The van der Waals surface area contributed by atoms with E-state index in [9.17, 15) is 23.4 Å². The van der Waals surface area contributed by atoms with Crippen LogP contribution < -0.4 is 5.32 Å². The minimum atomic E-state index is -4.42. The summed E-state index contributed by atoms with van der Waals surface area (Å²) < 4.78 is 39.6. The Hall–Kier alpha value is -1.72. The first kappa shape index (κ1) is 22.5. The predicted octanol–water partition coefficient (Wildman–Crippen LogP) is 4.67. The van der Waals surface area contributed by atoms with Crippen molar-refractivity contribution in [3.8, 4) is 11.3 Å². The molecule has 1 radical (unpaired) electrons. The maximum absolute atomic E-state index is 12.7. The third-order valence-corrected chi connectivity index (χ3v) is 6.35. The van der Waals surface area contributed by atoms with Gasteiger partial charge in [0.25, 0.3) is 0 Å². The van der Waals surface area contributed by atoms with E-state index in [2.05, 4.69) is 22.3 Å². The third kappa shape index (κ3) is 4.45. The Labute approximate surface area is 189 Å². The fourth-order valence-electron chi connectivity index (χ4n) is 3.53. The van der Waals surface area contributed by atoms with Gasteiger partial charge in [-0.1, -0.05) is 35.3 Å². The molecule has 12 heteroatoms. The first-order valence-corrected chi connectivity index (χ1v) is 10.7. The first-order valence-electron chi connectivity index (χ1n) is 9.10. The van der Waals surface area contributed by atoms with Crippen LogP contribution in [0, 0.1) is 12.8 Å². The summed E-state index contributed by atoms with van der Waals surface area (Å²) in [7, 11) is 0. The third-order valence-electron chi connectivity index (χ3n) is 5.01. The van der Waals surface area contributed by atoms with Crippen molar-refractivity contribution in [3.63, 3.8) is 0 Å². The quantitative estimate of drug-likeness (QED) is 0.460. The van der Waals surface area contributed by atoms with Crippen LogP contribution >= 0.6 is 35.0 Å². The number of nitrogens with one attached hydrogen (secondary N) is 1. The lowest BCUT2D eigenvalue weighted by Gasteiger charge is -2.20. The van der Waals surface area contributed by atoms with E-state index in [-0.39, 0.29) is 49.8 Å². The van der Waals surface area contributed by atoms with Gasteiger partial charge in [0.15, 0.2) is 11.5 Å². The van der Waals surface area contributed by atoms with Crippen LogP contribution in [0.25, 0.3) is 16.9 Å². The number of aliphatic hydroxyl groups excluding tert-OH is 2. The summed E-state index contributed by atoms with van der Waals surface area (Å²) in [5.74, 6) is -0.0831. The first-order chi connectivity index (χ1) is 14.5. The van der Waals surface area contributed by atoms with Gasteiger partial charge in [0.1, 0.15) is 21.8 Å². The number of thioether (sulfide) groups is 1. The Morgan fingerprint density at radius 2 is 1.97 bits per heavy atom. The number of hydrogen-bond acceptors (Lipinski definition) is 6. The molecule has 1 aromatic carbocycles. The maximum Gasteiger partial charge on any atom is 0.446 e. The Balaban J connectivity index is 1.74. The number of aromatic nitrogens is 3. The Morgan fingerprint density at radius 3 is 2.61 bits per heavy atom. The molecular weight excluding hydrogens is 476 g/mol. The molecule has 1 fully saturated rings. The normalized spacial score (nSPS) is 24.1. The summed E-state index contributed by atoms with van der Waals surface area (Å²) in [6.45, 7) is 3.82. The highest BCUT2D eigenvalue weighted by Crippen LogP contribution is 2.40. The van der Waals surface area contributed by atoms with Crippen LogP contribution in [0.2, 0.25) is 10.0 Å². The number of rotatable bonds is 4. The van der Waals surface area contributed by atoms with Gasteiger partial charge in [0.05, 0.1) is 18.3 Å². The second-order valence-corrected chi connectivity index (χ2v) is 9.08. The fourth-order valence-corrected chi connectivity index (χ4v) is 4.59. The largest absolute Gasteiger partial charge is 0.446 e. The van der Waals surface area contributed by atoms with Gasteiger partial charge >= 0.3 is 5.51 Å². The molecule has 4 rings (SSSR count). The smallest absolute Gasteiger partial charge is 0.390 e. The van der Waals surface area contributed by atoms with E-state index in [0.717, 1.165) is 0 Å². The molecule has 2 heterocycles. The number of halogens is 5. The monoisotopic (exact) mass is 491 g/mol. The molecule has 165 valence electrons. The highest BCUT2D eigenvalue weighted by atomic mass is 35.5. The van der Waals surface area contributed by atoms with Gasteiger partial charge in [-0.15, -0.1) is 0 Å². The van der Waals surface area contributed by atoms with Gasteiger partial charge < -0.3 is 15.5 Å². The molecule has 0 spiro atoms. The molecule has 6 nitrogen and oxygen atoms in total. The lowest BCUT2D eigenvalue weighted by molar-refractivity contribution is -0.0328. The second kappa shape index (κ2) is 8.32. The molecule has 0 aliphatic heterocycles. The fraction of sp³-hybridized carbons (Fsp3) is 0.316. The van der Waals surface area contributed by atoms with Crippen molar-refractivity contribution in [2.45, 2.75) is 35.1 Å². The van der Waals surface area contributed by atoms with Crippen LogP contribution in [0.15, 0.2) is 35.4 Å². The number of anilines is 1. The lowest BCUT2D eigenvalue weighted by Crippen LogP contribution is -2.35. The summed E-state index contributed by atoms with van der Waals surface area (Å²) in [6, 6.07) is 5.21. The predicted molar refractivity (Wildman–Crippen MR) is 113 cm³/mol. The topological polar surface area (TPSA) is 82.7 Å². The summed E-state index contributed by atoms with van der Waals surface area (Å²) in [6.07, 6.45) is -0.310. The van der Waals surface area contributed by atoms with Crippen molar-refractivity contribution in [2.75, 3.05) is 5.32 Å². The standard InChI is InChI=1S/C19H16Cl2F3N4O2S/c1-8-5-12(16(30)15(8)29)26-17-11(20)7-25-18-13(21)14(27-28(17)18)9-3-2-4-10(6-9)31-19(22,23)24/h2-4,6-8,12,15-16,26,29-30H,1,5H2/t8-,12-,15-,16+/m1/s1. The van der Waals surface area contributed by atoms with Crippen LogP contribution in [0.5, 0.6) is 0 Å². The van der Waals surface area contributed by atoms with E-state index in [1.807, 2.05) is 0 Å². The zero-order chi connectivity index (χ0) is 22.5. The van der Waals surface area contributed by atoms with Crippen LogP contribution in [0.1, 0.15) is 6.42 Å². The van der Waals surface area contributed by atoms with E-state index in [1.54, 1.807) is 6.07 Å². The average molecular weight is 492 g/mol. The molecular formula is C19H16Cl2F3N4O2S. The van der Waals surface area contributed by atoms with Crippen LogP contribution in [-0.2, 0) is 0 Å². The minimum Gasteiger partial charge on any atom is -0.390 e. The lowest BCUT2D eigenvalue weighted by atomic mass is 10.1. The summed E-state index contributed by atoms with van der Waals surface area (Å²) in [5.41, 5.74) is -3.59. The van der Waals surface area contributed by atoms with Crippen LogP contribution in [0.3, 0.4) is 0 Å². The minimum absolute atomic E-state index is 0.00739. The number of nitrogens with zero attached hydrogens (tertiary/aromatic N) is 3. The molecule has 0 amide bonds. The van der Waals surface area contributed by atoms with Gasteiger partial charge in [0.2, 0.25) is 0 Å². The highest BCUT2D eigenvalue weighted by Gasteiger charge is 2.39. The van der Waals surface area contributed by atoms with Gasteiger partial charge in [-0.05, 0) is 43.2 Å². The Bertz CT molecular complexity index is 1130. The number of fused-ring (bicyclic) bond motifs is 1. The molecule has 0 saturated heterocycles. The van der Waals surface area contributed by atoms with Gasteiger partial charge in [-0.25, -0.2) is 4.98 Å². The molecule has 1 aliphatic carbocycles. The molecule has 0 bridgehead atoms. The summed E-state index contributed by atoms with van der Waals surface area (Å²) in [5, 5.41) is 28.0. The number of benzene rings is 1. The zero-order valence-electron chi connectivity index (χ0n) is 15.6. The van der Waals surface area contributed by atoms with Crippen molar-refractivity contribution in [1.29, 1.82) is 0 Å². The molecule has 0 unspecified atom stereocenters. The Kier molecular flexibility index (Phi) is 6.04. The summed E-state index contributed by atoms with van der Waals surface area (Å²) in [4.78, 5) is 4.17. The molecule has 31 heavy (non-hydrogen) atoms. The van der Waals surface area contributed by atoms with E-state index < -0.39 is 23.8 Å². The molecule has 1 saturated carbocycles. The number of aliphatic hydroxyl groups is 2. The second-order valence-electron chi connectivity index (χ2n) is 7.16. The summed E-state index contributed by atoms with van der Waals surface area (Å²) >= 11 is 12.5. The zero-order valence-corrected chi connectivity index (χ0v) is 18.0. The number of hydrogen-bond donors (Lipinski definition) is 3. The average Bonchev–Trinajstić information content (AvgIpc) is 3.15. The Morgan fingerprint density at radius 1 is 1.23 bits per heavy atom. The molecule has 3 N–H and O–H groups in total. The number of alkyl halides is 3. The van der Waals surface area contributed by atoms with Crippen molar-refractivity contribution in [3.05, 3.63) is 47.4 Å². The molecule has 1 aliphatic rings. The maximum atomic E-state index is 12.7. The van der Waals surface area contributed by atoms with Gasteiger partial charge in [-0.3, -0.25) is 0 Å². The van der Waals surface area contributed by atoms with E-state index >= 15 is 0 Å². The SMILES string of the molecule is [CH2][C@@H]1C[C@@H](Nc2c(Cl)cnc3c(Cl)c(-c4cccc(SC(F)(F)F)c4)nn23)[C@H](O)[C@@H]1O. The van der Waals surface area contributed by atoms with Gasteiger partial charge in [-0.2, -0.15) is 22.8 Å². The molecule has 2 aromatic heterocycles. The van der Waals surface area contributed by atoms with Crippen LogP contribution in [0.4, 0.5) is 19.0 Å².